The van der Waals surface area contributed by atoms with Crippen molar-refractivity contribution in [2.45, 2.75) is 70.5 Å². The summed E-state index contributed by atoms with van der Waals surface area (Å²) in [4.78, 5) is 27.2. The number of hydrazine groups is 1. The lowest BCUT2D eigenvalue weighted by atomic mass is 9.98. The van der Waals surface area contributed by atoms with Crippen molar-refractivity contribution in [3.63, 3.8) is 0 Å². The summed E-state index contributed by atoms with van der Waals surface area (Å²) in [5, 5.41) is 16.2. The number of carbonyl (C=O) groups excluding carboxylic acids is 2. The Morgan fingerprint density at radius 3 is 2.02 bits per heavy atom. The van der Waals surface area contributed by atoms with Gasteiger partial charge in [0.25, 0.3) is 5.91 Å². The standard InChI is InChI=1S/C36H50N4O6S/c1-6-28(4)21-36(43)40(38-35(42)24-37-23-30-15-11-8-12-16-30)33(22-29-13-9-7-10-14-29)34(41)26-39(25-27(2)3)47(44,45)32-19-17-31(46-5)18-20-32/h7-20,27-28,33-34,37,41H,6,21-26H2,1-5H3,(H,38,42)/t28-,33-,34+/m0/s1. The molecule has 3 N–H and O–H groups in total. The van der Waals surface area contributed by atoms with Crippen molar-refractivity contribution in [2.24, 2.45) is 11.8 Å². The number of hydrogen-bond acceptors (Lipinski definition) is 7. The summed E-state index contributed by atoms with van der Waals surface area (Å²) in [7, 11) is -2.53. The average Bonchev–Trinajstić information content (AvgIpc) is 3.06. The minimum Gasteiger partial charge on any atom is -0.497 e. The van der Waals surface area contributed by atoms with Gasteiger partial charge in [0.15, 0.2) is 0 Å². The molecule has 0 bridgehead atoms. The molecule has 47 heavy (non-hydrogen) atoms. The van der Waals surface area contributed by atoms with Crippen molar-refractivity contribution < 1.29 is 27.9 Å². The van der Waals surface area contributed by atoms with E-state index < -0.39 is 28.1 Å². The summed E-state index contributed by atoms with van der Waals surface area (Å²) in [6.45, 7) is 7.97. The van der Waals surface area contributed by atoms with Crippen molar-refractivity contribution in [2.75, 3.05) is 26.7 Å². The highest BCUT2D eigenvalue weighted by Crippen LogP contribution is 2.23. The quantitative estimate of drug-likeness (QED) is 0.172. The van der Waals surface area contributed by atoms with E-state index in [0.29, 0.717) is 12.3 Å². The predicted octanol–water partition coefficient (Wildman–Crippen LogP) is 4.40. The molecule has 2 amide bonds. The van der Waals surface area contributed by atoms with Crippen LogP contribution in [0.5, 0.6) is 5.75 Å². The summed E-state index contributed by atoms with van der Waals surface area (Å²) in [5.74, 6) is -0.314. The maximum atomic E-state index is 13.9. The number of amides is 2. The number of carbonyl (C=O) groups is 2. The van der Waals surface area contributed by atoms with E-state index in [1.165, 1.54) is 28.6 Å². The predicted molar refractivity (Wildman–Crippen MR) is 184 cm³/mol. The minimum atomic E-state index is -4.04. The zero-order valence-corrected chi connectivity index (χ0v) is 28.9. The van der Waals surface area contributed by atoms with Crippen LogP contribution in [0.4, 0.5) is 0 Å². The molecule has 0 heterocycles. The van der Waals surface area contributed by atoms with E-state index in [4.69, 9.17) is 4.74 Å². The van der Waals surface area contributed by atoms with E-state index >= 15 is 0 Å². The second kappa shape index (κ2) is 18.5. The summed E-state index contributed by atoms with van der Waals surface area (Å²) < 4.78 is 34.3. The van der Waals surface area contributed by atoms with E-state index in [9.17, 15) is 23.1 Å². The first kappa shape index (κ1) is 37.7. The van der Waals surface area contributed by atoms with Crippen LogP contribution in [0.1, 0.15) is 51.7 Å². The van der Waals surface area contributed by atoms with Crippen molar-refractivity contribution in [3.05, 3.63) is 96.1 Å². The molecule has 0 unspecified atom stereocenters. The first-order valence-corrected chi connectivity index (χ1v) is 17.6. The van der Waals surface area contributed by atoms with E-state index in [2.05, 4.69) is 10.7 Å². The smallest absolute Gasteiger partial charge is 0.252 e. The van der Waals surface area contributed by atoms with Gasteiger partial charge < -0.3 is 15.2 Å². The van der Waals surface area contributed by atoms with Crippen LogP contribution in [0.3, 0.4) is 0 Å². The molecule has 0 spiro atoms. The minimum absolute atomic E-state index is 0.0283. The molecule has 0 aliphatic rings. The largest absolute Gasteiger partial charge is 0.497 e. The second-order valence-corrected chi connectivity index (χ2v) is 14.3. The Kier molecular flexibility index (Phi) is 14.9. The molecule has 256 valence electrons. The molecule has 3 rings (SSSR count). The number of ether oxygens (including phenoxy) is 1. The average molecular weight is 667 g/mol. The number of nitrogens with zero attached hydrogens (tertiary/aromatic N) is 2. The highest BCUT2D eigenvalue weighted by atomic mass is 32.2. The molecule has 11 heteroatoms. The lowest BCUT2D eigenvalue weighted by Gasteiger charge is -2.37. The molecule has 3 atom stereocenters. The third kappa shape index (κ3) is 11.8. The Morgan fingerprint density at radius 2 is 1.47 bits per heavy atom. The number of aliphatic hydroxyl groups excluding tert-OH is 1. The molecule has 0 aliphatic carbocycles. The van der Waals surface area contributed by atoms with Gasteiger partial charge in [0.1, 0.15) is 5.75 Å². The summed E-state index contributed by atoms with van der Waals surface area (Å²) in [6, 6.07) is 24.1. The van der Waals surface area contributed by atoms with Gasteiger partial charge >= 0.3 is 0 Å². The van der Waals surface area contributed by atoms with Crippen LogP contribution in [-0.2, 0) is 32.6 Å². The zero-order chi connectivity index (χ0) is 34.4. The maximum absolute atomic E-state index is 13.9. The van der Waals surface area contributed by atoms with Gasteiger partial charge in [-0.1, -0.05) is 94.8 Å². The van der Waals surface area contributed by atoms with Crippen LogP contribution in [-0.4, -0.2) is 73.5 Å². The molecule has 3 aromatic carbocycles. The van der Waals surface area contributed by atoms with Gasteiger partial charge in [0.2, 0.25) is 15.9 Å². The van der Waals surface area contributed by atoms with Crippen LogP contribution >= 0.6 is 0 Å². The Morgan fingerprint density at radius 1 is 0.872 bits per heavy atom. The van der Waals surface area contributed by atoms with E-state index in [-0.39, 0.29) is 55.1 Å². The fraction of sp³-hybridized carbons (Fsp3) is 0.444. The van der Waals surface area contributed by atoms with Crippen LogP contribution in [0.25, 0.3) is 0 Å². The Bertz CT molecular complexity index is 1490. The van der Waals surface area contributed by atoms with Crippen molar-refractivity contribution in [1.82, 2.24) is 20.1 Å². The third-order valence-electron chi connectivity index (χ3n) is 7.91. The van der Waals surface area contributed by atoms with Gasteiger partial charge in [0.05, 0.1) is 30.7 Å². The molecule has 0 saturated carbocycles. The molecule has 0 aromatic heterocycles. The molecule has 3 aromatic rings. The van der Waals surface area contributed by atoms with Crippen LogP contribution in [0.15, 0.2) is 89.8 Å². The summed E-state index contributed by atoms with van der Waals surface area (Å²) >= 11 is 0. The van der Waals surface area contributed by atoms with Gasteiger partial charge in [-0.25, -0.2) is 13.4 Å². The van der Waals surface area contributed by atoms with E-state index in [0.717, 1.165) is 17.5 Å². The lowest BCUT2D eigenvalue weighted by molar-refractivity contribution is -0.148. The number of nitrogens with one attached hydrogen (secondary N) is 2. The van der Waals surface area contributed by atoms with Gasteiger partial charge in [-0.15, -0.1) is 0 Å². The monoisotopic (exact) mass is 666 g/mol. The Balaban J connectivity index is 1.94. The fourth-order valence-electron chi connectivity index (χ4n) is 5.12. The molecule has 0 saturated heterocycles. The molecule has 10 nitrogen and oxygen atoms in total. The fourth-order valence-corrected chi connectivity index (χ4v) is 6.74. The van der Waals surface area contributed by atoms with E-state index in [1.807, 2.05) is 88.4 Å². The SMILES string of the molecule is CC[C@H](C)CC(=O)N(NC(=O)CNCc1ccccc1)[C@@H](Cc1ccccc1)[C@H](O)CN(CC(C)C)S(=O)(=O)c1ccc(OC)cc1. The second-order valence-electron chi connectivity index (χ2n) is 12.3. The number of methoxy groups -OCH3 is 1. The van der Waals surface area contributed by atoms with Gasteiger partial charge in [-0.05, 0) is 53.6 Å². The number of rotatable bonds is 18. The zero-order valence-electron chi connectivity index (χ0n) is 28.1. The summed E-state index contributed by atoms with van der Waals surface area (Å²) in [6.07, 6.45) is -0.267. The third-order valence-corrected chi connectivity index (χ3v) is 9.76. The highest BCUT2D eigenvalue weighted by Gasteiger charge is 2.36. The molecular weight excluding hydrogens is 616 g/mol. The van der Waals surface area contributed by atoms with Gasteiger partial charge in [0, 0.05) is 26.1 Å². The maximum Gasteiger partial charge on any atom is 0.252 e. The lowest BCUT2D eigenvalue weighted by Crippen LogP contribution is -2.60. The Hall–Kier alpha value is -3.77. The van der Waals surface area contributed by atoms with Crippen molar-refractivity contribution in [3.8, 4) is 5.75 Å². The molecule has 0 fully saturated rings. The van der Waals surface area contributed by atoms with Gasteiger partial charge in [-0.2, -0.15) is 4.31 Å². The molecular formula is C36H50N4O6S. The normalized spacial score (nSPS) is 13.6. The first-order valence-electron chi connectivity index (χ1n) is 16.2. The van der Waals surface area contributed by atoms with Crippen molar-refractivity contribution >= 4 is 21.8 Å². The van der Waals surface area contributed by atoms with Crippen LogP contribution in [0, 0.1) is 11.8 Å². The number of benzene rings is 3. The molecule has 0 aliphatic heterocycles. The van der Waals surface area contributed by atoms with Gasteiger partial charge in [-0.3, -0.25) is 15.0 Å². The van der Waals surface area contributed by atoms with Crippen LogP contribution < -0.4 is 15.5 Å². The number of aliphatic hydroxyl groups is 1. The highest BCUT2D eigenvalue weighted by molar-refractivity contribution is 7.89. The Labute approximate surface area is 280 Å². The number of hydrogen-bond donors (Lipinski definition) is 3. The number of sulfonamides is 1. The first-order chi connectivity index (χ1) is 22.4. The molecule has 0 radical (unpaired) electrons. The topological polar surface area (TPSA) is 128 Å². The van der Waals surface area contributed by atoms with Crippen LogP contribution in [0.2, 0.25) is 0 Å². The van der Waals surface area contributed by atoms with E-state index in [1.54, 1.807) is 12.1 Å². The van der Waals surface area contributed by atoms with Crippen molar-refractivity contribution in [1.29, 1.82) is 0 Å². The summed E-state index contributed by atoms with van der Waals surface area (Å²) in [5.41, 5.74) is 4.60.